The first-order chi connectivity index (χ1) is 6.38. The fourth-order valence-electron chi connectivity index (χ4n) is 1.78. The lowest BCUT2D eigenvalue weighted by Crippen LogP contribution is -2.51. The molecule has 1 atom stereocenters. The molecule has 0 aromatic heterocycles. The van der Waals surface area contributed by atoms with E-state index in [4.69, 9.17) is 5.11 Å². The van der Waals surface area contributed by atoms with Crippen molar-refractivity contribution in [2.45, 2.75) is 18.9 Å². The highest BCUT2D eigenvalue weighted by atomic mass is 19.1. The molecular weight excluding hydrogens is 171 g/mol. The van der Waals surface area contributed by atoms with E-state index >= 15 is 0 Å². The lowest BCUT2D eigenvalue weighted by molar-refractivity contribution is 0.133. The molecule has 3 nitrogen and oxygen atoms in total. The Kier molecular flexibility index (Phi) is 5.27. The number of alkyl halides is 1. The Morgan fingerprint density at radius 1 is 1.54 bits per heavy atom. The fraction of sp³-hybridized carbons (Fsp3) is 1.00. The number of halogens is 1. The van der Waals surface area contributed by atoms with Crippen LogP contribution in [0.3, 0.4) is 0 Å². The smallest absolute Gasteiger partial charge is 0.0909 e. The zero-order chi connectivity index (χ0) is 9.52. The van der Waals surface area contributed by atoms with Crippen molar-refractivity contribution in [1.29, 1.82) is 0 Å². The second-order valence-corrected chi connectivity index (χ2v) is 3.45. The van der Waals surface area contributed by atoms with Gasteiger partial charge in [-0.05, 0) is 12.8 Å². The van der Waals surface area contributed by atoms with Crippen LogP contribution < -0.4 is 5.32 Å². The number of piperazine rings is 1. The molecular formula is C9H19FN2O. The van der Waals surface area contributed by atoms with Crippen LogP contribution in [0, 0.1) is 0 Å². The van der Waals surface area contributed by atoms with E-state index in [9.17, 15) is 4.39 Å². The maximum absolute atomic E-state index is 12.2. The first kappa shape index (κ1) is 10.9. The molecule has 1 unspecified atom stereocenters. The number of aliphatic hydroxyl groups excluding tert-OH is 1. The normalized spacial score (nSPS) is 24.9. The minimum absolute atomic E-state index is 0.228. The first-order valence-electron chi connectivity index (χ1n) is 5.00. The van der Waals surface area contributed by atoms with Gasteiger partial charge >= 0.3 is 0 Å². The highest BCUT2D eigenvalue weighted by Gasteiger charge is 2.20. The van der Waals surface area contributed by atoms with Crippen molar-refractivity contribution in [3.63, 3.8) is 0 Å². The Hall–Kier alpha value is -0.190. The molecule has 1 rings (SSSR count). The van der Waals surface area contributed by atoms with Crippen LogP contribution in [0.25, 0.3) is 0 Å². The van der Waals surface area contributed by atoms with Gasteiger partial charge in [-0.3, -0.25) is 9.29 Å². The Morgan fingerprint density at radius 2 is 2.38 bits per heavy atom. The lowest BCUT2D eigenvalue weighted by atomic mass is 10.1. The van der Waals surface area contributed by atoms with E-state index in [2.05, 4.69) is 10.2 Å². The molecule has 78 valence electrons. The molecule has 1 aliphatic heterocycles. The number of nitrogens with zero attached hydrogens (tertiary/aromatic N) is 1. The molecule has 1 saturated heterocycles. The van der Waals surface area contributed by atoms with E-state index in [0.717, 1.165) is 32.6 Å². The summed E-state index contributed by atoms with van der Waals surface area (Å²) in [5.74, 6) is 0. The Balaban J connectivity index is 2.28. The molecule has 4 heteroatoms. The monoisotopic (exact) mass is 190 g/mol. The van der Waals surface area contributed by atoms with Crippen molar-refractivity contribution < 1.29 is 9.50 Å². The molecule has 2 N–H and O–H groups in total. The molecule has 0 aromatic carbocycles. The largest absolute Gasteiger partial charge is 0.396 e. The summed E-state index contributed by atoms with van der Waals surface area (Å²) in [6.07, 6.45) is 1.40. The van der Waals surface area contributed by atoms with E-state index in [0.29, 0.717) is 12.5 Å². The number of aliphatic hydroxyl groups is 1. The molecule has 1 fully saturated rings. The molecule has 0 bridgehead atoms. The summed E-state index contributed by atoms with van der Waals surface area (Å²) < 4.78 is 12.2. The summed E-state index contributed by atoms with van der Waals surface area (Å²) in [6, 6.07) is 0.324. The quantitative estimate of drug-likeness (QED) is 0.640. The van der Waals surface area contributed by atoms with Gasteiger partial charge in [0, 0.05) is 38.8 Å². The van der Waals surface area contributed by atoms with Crippen molar-refractivity contribution in [2.75, 3.05) is 39.5 Å². The highest BCUT2D eigenvalue weighted by Crippen LogP contribution is 2.07. The van der Waals surface area contributed by atoms with E-state index in [1.54, 1.807) is 0 Å². The second-order valence-electron chi connectivity index (χ2n) is 3.45. The molecule has 0 aromatic rings. The Labute approximate surface area is 78.9 Å². The summed E-state index contributed by atoms with van der Waals surface area (Å²) >= 11 is 0. The standard InChI is InChI=1S/C9H19FN2O/c10-3-2-9-8-11-4-6-12(9)5-1-7-13/h9,11,13H,1-8H2. The highest BCUT2D eigenvalue weighted by molar-refractivity contribution is 4.79. The Bertz CT molecular complexity index is 133. The van der Waals surface area contributed by atoms with Crippen LogP contribution >= 0.6 is 0 Å². The van der Waals surface area contributed by atoms with Crippen molar-refractivity contribution in [2.24, 2.45) is 0 Å². The third-order valence-corrected chi connectivity index (χ3v) is 2.52. The van der Waals surface area contributed by atoms with Crippen molar-refractivity contribution in [1.82, 2.24) is 10.2 Å². The molecule has 1 heterocycles. The van der Waals surface area contributed by atoms with Gasteiger partial charge in [-0.15, -0.1) is 0 Å². The summed E-state index contributed by atoms with van der Waals surface area (Å²) in [7, 11) is 0. The summed E-state index contributed by atoms with van der Waals surface area (Å²) in [6.45, 7) is 3.71. The molecule has 0 aliphatic carbocycles. The van der Waals surface area contributed by atoms with E-state index in [1.165, 1.54) is 0 Å². The van der Waals surface area contributed by atoms with Crippen LogP contribution in [-0.2, 0) is 0 Å². The van der Waals surface area contributed by atoms with Gasteiger partial charge in [0.1, 0.15) is 0 Å². The van der Waals surface area contributed by atoms with Crippen molar-refractivity contribution in [3.05, 3.63) is 0 Å². The first-order valence-corrected chi connectivity index (χ1v) is 5.00. The molecule has 1 aliphatic rings. The minimum atomic E-state index is -0.248. The van der Waals surface area contributed by atoms with Crippen LogP contribution in [0.15, 0.2) is 0 Å². The summed E-state index contributed by atoms with van der Waals surface area (Å²) in [5, 5.41) is 12.0. The predicted octanol–water partition coefficient (Wildman–Crippen LogP) is 0.00220. The topological polar surface area (TPSA) is 35.5 Å². The molecule has 0 amide bonds. The van der Waals surface area contributed by atoms with Gasteiger partial charge in [-0.2, -0.15) is 0 Å². The van der Waals surface area contributed by atoms with E-state index in [1.807, 2.05) is 0 Å². The number of hydrogen-bond acceptors (Lipinski definition) is 3. The maximum atomic E-state index is 12.2. The van der Waals surface area contributed by atoms with Gasteiger partial charge in [0.15, 0.2) is 0 Å². The molecule has 0 spiro atoms. The Morgan fingerprint density at radius 3 is 3.08 bits per heavy atom. The van der Waals surface area contributed by atoms with E-state index in [-0.39, 0.29) is 13.3 Å². The van der Waals surface area contributed by atoms with Gasteiger partial charge < -0.3 is 10.4 Å². The molecule has 13 heavy (non-hydrogen) atoms. The second kappa shape index (κ2) is 6.29. The summed E-state index contributed by atoms with van der Waals surface area (Å²) in [4.78, 5) is 2.27. The van der Waals surface area contributed by atoms with Gasteiger partial charge in [0.05, 0.1) is 6.67 Å². The van der Waals surface area contributed by atoms with Crippen molar-refractivity contribution >= 4 is 0 Å². The summed E-state index contributed by atoms with van der Waals surface area (Å²) in [5.41, 5.74) is 0. The SMILES string of the molecule is OCCCN1CCNCC1CCF. The number of nitrogens with one attached hydrogen (secondary N) is 1. The minimum Gasteiger partial charge on any atom is -0.396 e. The van der Waals surface area contributed by atoms with E-state index < -0.39 is 0 Å². The molecule has 0 saturated carbocycles. The fourth-order valence-corrected chi connectivity index (χ4v) is 1.78. The van der Waals surface area contributed by atoms with Crippen LogP contribution in [0.5, 0.6) is 0 Å². The van der Waals surface area contributed by atoms with Crippen LogP contribution in [0.4, 0.5) is 4.39 Å². The van der Waals surface area contributed by atoms with Crippen LogP contribution in [0.2, 0.25) is 0 Å². The van der Waals surface area contributed by atoms with Gasteiger partial charge in [-0.25, -0.2) is 0 Å². The average molecular weight is 190 g/mol. The van der Waals surface area contributed by atoms with Crippen molar-refractivity contribution in [3.8, 4) is 0 Å². The van der Waals surface area contributed by atoms with Gasteiger partial charge in [0.25, 0.3) is 0 Å². The number of rotatable bonds is 5. The van der Waals surface area contributed by atoms with Gasteiger partial charge in [0.2, 0.25) is 0 Å². The third kappa shape index (κ3) is 3.58. The zero-order valence-corrected chi connectivity index (χ0v) is 8.01. The zero-order valence-electron chi connectivity index (χ0n) is 8.01. The molecule has 0 radical (unpaired) electrons. The maximum Gasteiger partial charge on any atom is 0.0909 e. The van der Waals surface area contributed by atoms with Crippen LogP contribution in [-0.4, -0.2) is 55.5 Å². The lowest BCUT2D eigenvalue weighted by Gasteiger charge is -2.35. The van der Waals surface area contributed by atoms with Gasteiger partial charge in [-0.1, -0.05) is 0 Å². The predicted molar refractivity (Wildman–Crippen MR) is 50.5 cm³/mol. The van der Waals surface area contributed by atoms with Crippen LogP contribution in [0.1, 0.15) is 12.8 Å². The number of hydrogen-bond donors (Lipinski definition) is 2. The average Bonchev–Trinajstić information content (AvgIpc) is 2.17. The third-order valence-electron chi connectivity index (χ3n) is 2.52.